The molecular weight excluding hydrogens is 232 g/mol. The maximum absolute atomic E-state index is 3.77. The second kappa shape index (κ2) is 7.15. The molecule has 1 N–H and O–H groups in total. The third-order valence-corrected chi connectivity index (χ3v) is 3.40. The zero-order valence-electron chi connectivity index (χ0n) is 11.9. The van der Waals surface area contributed by atoms with Gasteiger partial charge in [-0.1, -0.05) is 19.1 Å². The molecule has 0 atom stereocenters. The maximum atomic E-state index is 3.77. The molecule has 0 aliphatic heterocycles. The lowest BCUT2D eigenvalue weighted by molar-refractivity contribution is 0.669. The van der Waals surface area contributed by atoms with Crippen molar-refractivity contribution in [1.82, 2.24) is 9.88 Å². The van der Waals surface area contributed by atoms with Gasteiger partial charge in [0.15, 0.2) is 0 Å². The Morgan fingerprint density at radius 3 is 3.00 bits per heavy atom. The van der Waals surface area contributed by atoms with Crippen LogP contribution >= 0.6 is 0 Å². The topological polar surface area (TPSA) is 17.0 Å². The Morgan fingerprint density at radius 1 is 1.32 bits per heavy atom. The molecule has 2 aromatic rings. The molecule has 0 aliphatic carbocycles. The van der Waals surface area contributed by atoms with Gasteiger partial charge in [-0.15, -0.1) is 6.58 Å². The molecule has 0 fully saturated rings. The van der Waals surface area contributed by atoms with Crippen LogP contribution in [0.4, 0.5) is 0 Å². The van der Waals surface area contributed by atoms with Gasteiger partial charge in [0.2, 0.25) is 0 Å². The molecule has 19 heavy (non-hydrogen) atoms. The fourth-order valence-corrected chi connectivity index (χ4v) is 2.37. The zero-order valence-corrected chi connectivity index (χ0v) is 11.9. The molecule has 0 saturated carbocycles. The van der Waals surface area contributed by atoms with Crippen LogP contribution in [0, 0.1) is 0 Å². The van der Waals surface area contributed by atoms with E-state index < -0.39 is 0 Å². The van der Waals surface area contributed by atoms with Gasteiger partial charge in [0.25, 0.3) is 0 Å². The SMILES string of the molecule is C=CCCCn1ccc2cc(CNCCC)ccc21. The van der Waals surface area contributed by atoms with Crippen LogP contribution in [-0.2, 0) is 13.1 Å². The van der Waals surface area contributed by atoms with Crippen molar-refractivity contribution in [2.75, 3.05) is 6.54 Å². The molecule has 1 aromatic carbocycles. The number of nitrogens with one attached hydrogen (secondary N) is 1. The normalized spacial score (nSPS) is 11.0. The number of fused-ring (bicyclic) bond motifs is 1. The molecule has 2 nitrogen and oxygen atoms in total. The van der Waals surface area contributed by atoms with E-state index in [0.29, 0.717) is 0 Å². The second-order valence-electron chi connectivity index (χ2n) is 5.01. The van der Waals surface area contributed by atoms with Gasteiger partial charge >= 0.3 is 0 Å². The number of hydrogen-bond donors (Lipinski definition) is 1. The van der Waals surface area contributed by atoms with E-state index in [2.05, 4.69) is 53.8 Å². The Balaban J connectivity index is 2.05. The molecule has 1 aromatic heterocycles. The standard InChI is InChI=1S/C17H24N2/c1-3-5-6-11-19-12-9-16-13-15(7-8-17(16)19)14-18-10-4-2/h3,7-9,12-13,18H,1,4-6,10-11,14H2,2H3. The van der Waals surface area contributed by atoms with Crippen molar-refractivity contribution in [2.45, 2.75) is 39.3 Å². The highest BCUT2D eigenvalue weighted by Gasteiger charge is 2.01. The summed E-state index contributed by atoms with van der Waals surface area (Å²) in [6.45, 7) is 9.09. The highest BCUT2D eigenvalue weighted by Crippen LogP contribution is 2.18. The van der Waals surface area contributed by atoms with Crippen molar-refractivity contribution in [3.8, 4) is 0 Å². The van der Waals surface area contributed by atoms with E-state index >= 15 is 0 Å². The monoisotopic (exact) mass is 256 g/mol. The summed E-state index contributed by atoms with van der Waals surface area (Å²) in [6.07, 6.45) is 7.61. The first-order valence-electron chi connectivity index (χ1n) is 7.24. The molecular formula is C17H24N2. The third-order valence-electron chi connectivity index (χ3n) is 3.40. The Bertz CT molecular complexity index is 525. The number of rotatable bonds is 8. The fourth-order valence-electron chi connectivity index (χ4n) is 2.37. The Hall–Kier alpha value is -1.54. The van der Waals surface area contributed by atoms with E-state index in [1.54, 1.807) is 0 Å². The van der Waals surface area contributed by atoms with Gasteiger partial charge in [0.1, 0.15) is 0 Å². The predicted molar refractivity (Wildman–Crippen MR) is 83.4 cm³/mol. The molecule has 0 bridgehead atoms. The van der Waals surface area contributed by atoms with Crippen molar-refractivity contribution in [2.24, 2.45) is 0 Å². The summed E-state index contributed by atoms with van der Waals surface area (Å²) in [5.74, 6) is 0. The smallest absolute Gasteiger partial charge is 0.0480 e. The van der Waals surface area contributed by atoms with Crippen molar-refractivity contribution in [3.05, 3.63) is 48.7 Å². The number of benzene rings is 1. The minimum absolute atomic E-state index is 0.964. The van der Waals surface area contributed by atoms with Crippen LogP contribution in [0.5, 0.6) is 0 Å². The number of aryl methyl sites for hydroxylation is 1. The summed E-state index contributed by atoms with van der Waals surface area (Å²) < 4.78 is 2.34. The van der Waals surface area contributed by atoms with Gasteiger partial charge in [0, 0.05) is 24.8 Å². The Labute approximate surface area is 116 Å². The minimum Gasteiger partial charge on any atom is -0.347 e. The van der Waals surface area contributed by atoms with Crippen LogP contribution in [0.25, 0.3) is 10.9 Å². The van der Waals surface area contributed by atoms with Crippen LogP contribution in [0.1, 0.15) is 31.7 Å². The second-order valence-corrected chi connectivity index (χ2v) is 5.01. The van der Waals surface area contributed by atoms with Crippen LogP contribution in [0.3, 0.4) is 0 Å². The molecule has 0 aliphatic rings. The van der Waals surface area contributed by atoms with Gasteiger partial charge < -0.3 is 9.88 Å². The van der Waals surface area contributed by atoms with Crippen LogP contribution in [0.15, 0.2) is 43.1 Å². The van der Waals surface area contributed by atoms with Gasteiger partial charge in [-0.05, 0) is 55.0 Å². The quantitative estimate of drug-likeness (QED) is 0.555. The summed E-state index contributed by atoms with van der Waals surface area (Å²) in [6, 6.07) is 8.98. The number of allylic oxidation sites excluding steroid dienone is 1. The summed E-state index contributed by atoms with van der Waals surface area (Å²) in [5.41, 5.74) is 2.70. The van der Waals surface area contributed by atoms with Gasteiger partial charge in [-0.25, -0.2) is 0 Å². The Morgan fingerprint density at radius 2 is 2.21 bits per heavy atom. The highest BCUT2D eigenvalue weighted by atomic mass is 14.9. The van der Waals surface area contributed by atoms with Crippen LogP contribution in [-0.4, -0.2) is 11.1 Å². The first-order chi connectivity index (χ1) is 9.35. The predicted octanol–water partition coefficient (Wildman–Crippen LogP) is 4.11. The van der Waals surface area contributed by atoms with Gasteiger partial charge in [0.05, 0.1) is 0 Å². The van der Waals surface area contributed by atoms with Crippen molar-refractivity contribution >= 4 is 10.9 Å². The van der Waals surface area contributed by atoms with E-state index in [0.717, 1.165) is 32.5 Å². The summed E-state index contributed by atoms with van der Waals surface area (Å²) >= 11 is 0. The lowest BCUT2D eigenvalue weighted by atomic mass is 10.1. The van der Waals surface area contributed by atoms with Gasteiger partial charge in [-0.3, -0.25) is 0 Å². The molecule has 2 heteroatoms. The van der Waals surface area contributed by atoms with E-state index in [-0.39, 0.29) is 0 Å². The number of aromatic nitrogens is 1. The van der Waals surface area contributed by atoms with E-state index in [1.807, 2.05) is 6.08 Å². The summed E-state index contributed by atoms with van der Waals surface area (Å²) in [5, 5.41) is 4.79. The molecule has 102 valence electrons. The molecule has 0 radical (unpaired) electrons. The van der Waals surface area contributed by atoms with E-state index in [1.165, 1.54) is 22.9 Å². The first-order valence-corrected chi connectivity index (χ1v) is 7.24. The molecule has 0 amide bonds. The van der Waals surface area contributed by atoms with Crippen LogP contribution in [0.2, 0.25) is 0 Å². The molecule has 1 heterocycles. The number of nitrogens with zero attached hydrogens (tertiary/aromatic N) is 1. The van der Waals surface area contributed by atoms with Crippen molar-refractivity contribution in [1.29, 1.82) is 0 Å². The van der Waals surface area contributed by atoms with Gasteiger partial charge in [-0.2, -0.15) is 0 Å². The zero-order chi connectivity index (χ0) is 13.5. The minimum atomic E-state index is 0.964. The summed E-state index contributed by atoms with van der Waals surface area (Å²) in [7, 11) is 0. The largest absolute Gasteiger partial charge is 0.347 e. The molecule has 0 saturated heterocycles. The molecule has 0 unspecified atom stereocenters. The van der Waals surface area contributed by atoms with E-state index in [9.17, 15) is 0 Å². The maximum Gasteiger partial charge on any atom is 0.0480 e. The van der Waals surface area contributed by atoms with Crippen molar-refractivity contribution < 1.29 is 0 Å². The lowest BCUT2D eigenvalue weighted by Crippen LogP contribution is -2.13. The van der Waals surface area contributed by atoms with Crippen molar-refractivity contribution in [3.63, 3.8) is 0 Å². The Kier molecular flexibility index (Phi) is 5.22. The van der Waals surface area contributed by atoms with Crippen LogP contribution < -0.4 is 5.32 Å². The average Bonchev–Trinajstić information content (AvgIpc) is 2.82. The average molecular weight is 256 g/mol. The number of unbranched alkanes of at least 4 members (excludes halogenated alkanes) is 1. The first kappa shape index (κ1) is 13.9. The fraction of sp³-hybridized carbons (Fsp3) is 0.412. The van der Waals surface area contributed by atoms with E-state index in [4.69, 9.17) is 0 Å². The molecule has 0 spiro atoms. The lowest BCUT2D eigenvalue weighted by Gasteiger charge is -2.06. The number of hydrogen-bond acceptors (Lipinski definition) is 1. The summed E-state index contributed by atoms with van der Waals surface area (Å²) in [4.78, 5) is 0. The third kappa shape index (κ3) is 3.71. The highest BCUT2D eigenvalue weighted by molar-refractivity contribution is 5.80. The molecule has 2 rings (SSSR count).